The largest absolute Gasteiger partial charge is 0.379 e. The number of benzene rings is 1. The predicted molar refractivity (Wildman–Crippen MR) is 99.1 cm³/mol. The highest BCUT2D eigenvalue weighted by Crippen LogP contribution is 2.29. The molecule has 0 aromatic heterocycles. The highest BCUT2D eigenvalue weighted by molar-refractivity contribution is 7.99. The van der Waals surface area contributed by atoms with Crippen molar-refractivity contribution >= 4 is 17.7 Å². The van der Waals surface area contributed by atoms with E-state index in [4.69, 9.17) is 0 Å². The maximum Gasteiger partial charge on any atom is 0.252 e. The minimum Gasteiger partial charge on any atom is -0.379 e. The van der Waals surface area contributed by atoms with E-state index in [1.165, 1.54) is 18.4 Å². The maximum absolute atomic E-state index is 12.4. The van der Waals surface area contributed by atoms with Crippen molar-refractivity contribution in [2.24, 2.45) is 5.92 Å². The first kappa shape index (κ1) is 17.8. The number of aliphatic hydroxyl groups is 1. The molecule has 2 saturated heterocycles. The third-order valence-electron chi connectivity index (χ3n) is 5.32. The van der Waals surface area contributed by atoms with Crippen molar-refractivity contribution in [3.8, 4) is 0 Å². The Balaban J connectivity index is 1.67. The predicted octanol–water partition coefficient (Wildman–Crippen LogP) is 2.44. The minimum absolute atomic E-state index is 0.181. The summed E-state index contributed by atoms with van der Waals surface area (Å²) in [6, 6.07) is 10.6. The number of hydrogen-bond acceptors (Lipinski definition) is 4. The molecule has 2 aliphatic rings. The Hall–Kier alpha value is -1.04. The highest BCUT2D eigenvalue weighted by atomic mass is 32.2. The quantitative estimate of drug-likeness (QED) is 0.858. The molecule has 2 fully saturated rings. The lowest BCUT2D eigenvalue weighted by Crippen LogP contribution is -2.50. The summed E-state index contributed by atoms with van der Waals surface area (Å²) in [6.45, 7) is 5.00. The number of thioether (sulfide) groups is 1. The van der Waals surface area contributed by atoms with Crippen LogP contribution in [0.15, 0.2) is 30.3 Å². The van der Waals surface area contributed by atoms with Gasteiger partial charge in [0.15, 0.2) is 5.60 Å². The molecule has 0 radical (unpaired) electrons. The van der Waals surface area contributed by atoms with Crippen molar-refractivity contribution in [1.29, 1.82) is 0 Å². The average Bonchev–Trinajstić information content (AvgIpc) is 3.05. The number of hydrogen-bond donors (Lipinski definition) is 2. The van der Waals surface area contributed by atoms with Crippen LogP contribution in [0, 0.1) is 5.92 Å². The number of carbonyl (C=O) groups excluding carboxylic acids is 1. The van der Waals surface area contributed by atoms with Gasteiger partial charge in [-0.05, 0) is 49.6 Å². The standard InChI is InChI=1S/C19H28N2O2S/c1-15-7-10-21(11-8-15)17(16-5-3-2-4-6-16)13-20-18(22)19(23)9-12-24-14-19/h2-6,15,17,23H,7-14H2,1H3,(H,20,22). The zero-order chi connectivity index (χ0) is 17.0. The molecule has 2 aliphatic heterocycles. The molecule has 1 aromatic rings. The van der Waals surface area contributed by atoms with Crippen LogP contribution in [0.3, 0.4) is 0 Å². The van der Waals surface area contributed by atoms with E-state index in [0.717, 1.165) is 24.8 Å². The summed E-state index contributed by atoms with van der Waals surface area (Å²) in [4.78, 5) is 14.9. The molecule has 132 valence electrons. The van der Waals surface area contributed by atoms with Gasteiger partial charge < -0.3 is 10.4 Å². The fraction of sp³-hybridized carbons (Fsp3) is 0.632. The number of likely N-dealkylation sites (tertiary alicyclic amines) is 1. The molecule has 5 heteroatoms. The summed E-state index contributed by atoms with van der Waals surface area (Å²) in [5.41, 5.74) is 0.0580. The summed E-state index contributed by atoms with van der Waals surface area (Å²) in [5, 5.41) is 13.5. The molecule has 0 saturated carbocycles. The first-order chi connectivity index (χ1) is 11.6. The molecule has 1 aromatic carbocycles. The molecule has 0 aliphatic carbocycles. The zero-order valence-corrected chi connectivity index (χ0v) is 15.2. The van der Waals surface area contributed by atoms with Crippen molar-refractivity contribution in [2.75, 3.05) is 31.1 Å². The molecule has 2 heterocycles. The van der Waals surface area contributed by atoms with Crippen LogP contribution in [0.25, 0.3) is 0 Å². The van der Waals surface area contributed by atoms with Crippen molar-refractivity contribution in [3.05, 3.63) is 35.9 Å². The van der Waals surface area contributed by atoms with Gasteiger partial charge >= 0.3 is 0 Å². The van der Waals surface area contributed by atoms with E-state index >= 15 is 0 Å². The fourth-order valence-electron chi connectivity index (χ4n) is 3.56. The van der Waals surface area contributed by atoms with Crippen LogP contribution in [-0.4, -0.2) is 52.7 Å². The Kier molecular flexibility index (Phi) is 5.85. The molecule has 2 N–H and O–H groups in total. The lowest BCUT2D eigenvalue weighted by atomic mass is 9.95. The lowest BCUT2D eigenvalue weighted by Gasteiger charge is -2.37. The molecular weight excluding hydrogens is 320 g/mol. The molecular formula is C19H28N2O2S. The summed E-state index contributed by atoms with van der Waals surface area (Å²) >= 11 is 1.65. The number of nitrogens with zero attached hydrogens (tertiary/aromatic N) is 1. The minimum atomic E-state index is -1.18. The fourth-order valence-corrected chi connectivity index (χ4v) is 4.80. The van der Waals surface area contributed by atoms with Crippen molar-refractivity contribution in [3.63, 3.8) is 0 Å². The lowest BCUT2D eigenvalue weighted by molar-refractivity contribution is -0.137. The topological polar surface area (TPSA) is 52.6 Å². The summed E-state index contributed by atoms with van der Waals surface area (Å²) in [7, 11) is 0. The highest BCUT2D eigenvalue weighted by Gasteiger charge is 2.39. The number of rotatable bonds is 5. The van der Waals surface area contributed by atoms with Gasteiger partial charge in [-0.3, -0.25) is 9.69 Å². The second kappa shape index (κ2) is 7.89. The van der Waals surface area contributed by atoms with Crippen LogP contribution in [0.1, 0.15) is 37.8 Å². The van der Waals surface area contributed by atoms with Crippen molar-refractivity contribution in [1.82, 2.24) is 10.2 Å². The molecule has 0 spiro atoms. The van der Waals surface area contributed by atoms with Gasteiger partial charge in [-0.2, -0.15) is 11.8 Å². The van der Waals surface area contributed by atoms with Gasteiger partial charge in [-0.15, -0.1) is 0 Å². The van der Waals surface area contributed by atoms with Crippen LogP contribution in [0.4, 0.5) is 0 Å². The third-order valence-corrected chi connectivity index (χ3v) is 6.50. The van der Waals surface area contributed by atoms with E-state index in [9.17, 15) is 9.90 Å². The van der Waals surface area contributed by atoms with E-state index in [1.54, 1.807) is 11.8 Å². The van der Waals surface area contributed by atoms with E-state index in [0.29, 0.717) is 18.7 Å². The number of piperidine rings is 1. The Bertz CT molecular complexity index is 538. The van der Waals surface area contributed by atoms with E-state index < -0.39 is 5.60 Å². The van der Waals surface area contributed by atoms with E-state index in [2.05, 4.69) is 41.4 Å². The van der Waals surface area contributed by atoms with Crippen LogP contribution >= 0.6 is 11.8 Å². The second-order valence-electron chi connectivity index (χ2n) is 7.19. The van der Waals surface area contributed by atoms with Crippen LogP contribution < -0.4 is 5.32 Å². The van der Waals surface area contributed by atoms with Crippen molar-refractivity contribution < 1.29 is 9.90 Å². The smallest absolute Gasteiger partial charge is 0.252 e. The zero-order valence-electron chi connectivity index (χ0n) is 14.4. The Morgan fingerprint density at radius 3 is 2.71 bits per heavy atom. The van der Waals surface area contributed by atoms with E-state index in [-0.39, 0.29) is 11.9 Å². The second-order valence-corrected chi connectivity index (χ2v) is 8.29. The Labute approximate surface area is 149 Å². The van der Waals surface area contributed by atoms with Gasteiger partial charge in [0.1, 0.15) is 0 Å². The maximum atomic E-state index is 12.4. The van der Waals surface area contributed by atoms with Gasteiger partial charge in [-0.25, -0.2) is 0 Å². The average molecular weight is 349 g/mol. The molecule has 4 nitrogen and oxygen atoms in total. The van der Waals surface area contributed by atoms with Gasteiger partial charge in [0.05, 0.1) is 6.04 Å². The molecule has 1 amide bonds. The molecule has 24 heavy (non-hydrogen) atoms. The summed E-state index contributed by atoms with van der Waals surface area (Å²) in [6.07, 6.45) is 2.97. The molecule has 2 atom stereocenters. The summed E-state index contributed by atoms with van der Waals surface area (Å²) in [5.74, 6) is 1.94. The SMILES string of the molecule is CC1CCN(C(CNC(=O)C2(O)CCSC2)c2ccccc2)CC1. The van der Waals surface area contributed by atoms with Gasteiger partial charge in [0, 0.05) is 12.3 Å². The van der Waals surface area contributed by atoms with Crippen molar-refractivity contribution in [2.45, 2.75) is 37.8 Å². The third kappa shape index (κ3) is 4.13. The van der Waals surface area contributed by atoms with Gasteiger partial charge in [0.25, 0.3) is 5.91 Å². The van der Waals surface area contributed by atoms with Crippen LogP contribution in [0.2, 0.25) is 0 Å². The number of amides is 1. The molecule has 2 unspecified atom stereocenters. The van der Waals surface area contributed by atoms with Gasteiger partial charge in [0.2, 0.25) is 0 Å². The molecule has 3 rings (SSSR count). The number of nitrogens with one attached hydrogen (secondary N) is 1. The van der Waals surface area contributed by atoms with Crippen LogP contribution in [-0.2, 0) is 4.79 Å². The monoisotopic (exact) mass is 348 g/mol. The molecule has 0 bridgehead atoms. The Morgan fingerprint density at radius 2 is 2.08 bits per heavy atom. The normalized spacial score (nSPS) is 27.1. The Morgan fingerprint density at radius 1 is 1.38 bits per heavy atom. The van der Waals surface area contributed by atoms with E-state index in [1.807, 2.05) is 6.07 Å². The number of carbonyl (C=O) groups is 1. The van der Waals surface area contributed by atoms with Crippen LogP contribution in [0.5, 0.6) is 0 Å². The van der Waals surface area contributed by atoms with Gasteiger partial charge in [-0.1, -0.05) is 37.3 Å². The first-order valence-corrected chi connectivity index (χ1v) is 10.1. The summed E-state index contributed by atoms with van der Waals surface area (Å²) < 4.78 is 0. The first-order valence-electron chi connectivity index (χ1n) is 8.96.